The molecule has 0 unspecified atom stereocenters. The average molecular weight is 143 g/mol. The van der Waals surface area contributed by atoms with Crippen LogP contribution in [0.15, 0.2) is 0 Å². The number of rotatable bonds is 4. The van der Waals surface area contributed by atoms with Gasteiger partial charge < -0.3 is 10.6 Å². The lowest BCUT2D eigenvalue weighted by molar-refractivity contribution is 0.489. The van der Waals surface area contributed by atoms with E-state index in [-0.39, 0.29) is 0 Å². The van der Waals surface area contributed by atoms with Gasteiger partial charge in [0.1, 0.15) is 0 Å². The van der Waals surface area contributed by atoms with E-state index in [1.54, 1.807) is 0 Å². The molecular formula is C8H19N2-. The number of nitrogens with one attached hydrogen (secondary N) is 2. The first kappa shape index (κ1) is 9.92. The Labute approximate surface area is 64.4 Å². The van der Waals surface area contributed by atoms with Gasteiger partial charge in [-0.1, -0.05) is 27.7 Å². The standard InChI is InChI=1S/C8H19N2/c1-6(2)9-8(5)10-7(3)4/h6-7,9-10H,1-5H3/q-1. The van der Waals surface area contributed by atoms with Gasteiger partial charge in [-0.25, -0.2) is 0 Å². The van der Waals surface area contributed by atoms with Crippen molar-refractivity contribution in [1.82, 2.24) is 10.6 Å². The van der Waals surface area contributed by atoms with Gasteiger partial charge >= 0.3 is 0 Å². The van der Waals surface area contributed by atoms with Crippen LogP contribution in [-0.2, 0) is 0 Å². The second-order valence-electron chi connectivity index (χ2n) is 3.22. The lowest BCUT2D eigenvalue weighted by atomic mass is 10.3. The molecule has 0 aliphatic carbocycles. The van der Waals surface area contributed by atoms with Crippen molar-refractivity contribution in [2.24, 2.45) is 0 Å². The van der Waals surface area contributed by atoms with Crippen LogP contribution >= 0.6 is 0 Å². The molecule has 0 aliphatic rings. The Morgan fingerprint density at radius 1 is 0.900 bits per heavy atom. The summed E-state index contributed by atoms with van der Waals surface area (Å²) in [6.07, 6.45) is 1.16. The summed E-state index contributed by atoms with van der Waals surface area (Å²) in [6, 6.07) is 1.04. The van der Waals surface area contributed by atoms with E-state index >= 15 is 0 Å². The van der Waals surface area contributed by atoms with E-state index in [0.29, 0.717) is 12.1 Å². The third kappa shape index (κ3) is 6.05. The predicted octanol–water partition coefficient (Wildman–Crippen LogP) is 1.49. The van der Waals surface area contributed by atoms with Crippen LogP contribution in [0.3, 0.4) is 0 Å². The largest absolute Gasteiger partial charge is 0.452 e. The minimum absolute atomic E-state index is 0.520. The van der Waals surface area contributed by atoms with Gasteiger partial charge in [0.25, 0.3) is 0 Å². The normalized spacial score (nSPS) is 12.0. The van der Waals surface area contributed by atoms with Crippen molar-refractivity contribution < 1.29 is 0 Å². The van der Waals surface area contributed by atoms with Crippen LogP contribution in [0.1, 0.15) is 34.6 Å². The third-order valence-corrected chi connectivity index (χ3v) is 1.01. The Kier molecular flexibility index (Phi) is 4.65. The molecule has 0 saturated heterocycles. The zero-order valence-corrected chi connectivity index (χ0v) is 7.65. The van der Waals surface area contributed by atoms with E-state index < -0.39 is 0 Å². The van der Waals surface area contributed by atoms with Crippen molar-refractivity contribution in [1.29, 1.82) is 0 Å². The highest BCUT2D eigenvalue weighted by atomic mass is 15.1. The zero-order chi connectivity index (χ0) is 8.15. The molecule has 2 heteroatoms. The van der Waals surface area contributed by atoms with Crippen molar-refractivity contribution >= 4 is 0 Å². The van der Waals surface area contributed by atoms with Crippen LogP contribution in [0, 0.1) is 6.17 Å². The van der Waals surface area contributed by atoms with Crippen LogP contribution in [0.5, 0.6) is 0 Å². The van der Waals surface area contributed by atoms with Crippen molar-refractivity contribution in [2.45, 2.75) is 46.7 Å². The summed E-state index contributed by atoms with van der Waals surface area (Å²) in [4.78, 5) is 0. The fraction of sp³-hybridized carbons (Fsp3) is 0.875. The molecular weight excluding hydrogens is 124 g/mol. The highest BCUT2D eigenvalue weighted by Crippen LogP contribution is 1.91. The SMILES string of the molecule is C[C-](NC(C)C)NC(C)C. The Hall–Kier alpha value is -0.0800. The van der Waals surface area contributed by atoms with E-state index in [0.717, 1.165) is 6.17 Å². The van der Waals surface area contributed by atoms with E-state index in [9.17, 15) is 0 Å². The van der Waals surface area contributed by atoms with Crippen molar-refractivity contribution in [2.75, 3.05) is 0 Å². The minimum atomic E-state index is 0.520. The molecule has 62 valence electrons. The van der Waals surface area contributed by atoms with Crippen molar-refractivity contribution in [3.8, 4) is 0 Å². The molecule has 0 saturated carbocycles. The van der Waals surface area contributed by atoms with Crippen molar-refractivity contribution in [3.63, 3.8) is 0 Å². The highest BCUT2D eigenvalue weighted by Gasteiger charge is 1.91. The monoisotopic (exact) mass is 143 g/mol. The predicted molar refractivity (Wildman–Crippen MR) is 45.5 cm³/mol. The average Bonchev–Trinajstić information content (AvgIpc) is 1.58. The maximum atomic E-state index is 3.28. The lowest BCUT2D eigenvalue weighted by Gasteiger charge is -2.34. The Morgan fingerprint density at radius 3 is 1.40 bits per heavy atom. The number of hydrogen-bond donors (Lipinski definition) is 2. The molecule has 0 bridgehead atoms. The summed E-state index contributed by atoms with van der Waals surface area (Å²) in [5, 5.41) is 6.56. The highest BCUT2D eigenvalue weighted by molar-refractivity contribution is 4.80. The Bertz CT molecular complexity index is 69.3. The molecule has 0 spiro atoms. The summed E-state index contributed by atoms with van der Waals surface area (Å²) in [5.41, 5.74) is 0. The van der Waals surface area contributed by atoms with Crippen LogP contribution in [0.4, 0.5) is 0 Å². The first-order valence-corrected chi connectivity index (χ1v) is 3.89. The molecule has 0 fully saturated rings. The van der Waals surface area contributed by atoms with E-state index in [2.05, 4.69) is 45.3 Å². The molecule has 2 N–H and O–H groups in total. The second kappa shape index (κ2) is 4.69. The molecule has 2 nitrogen and oxygen atoms in total. The quantitative estimate of drug-likeness (QED) is 0.583. The molecule has 0 aromatic carbocycles. The van der Waals surface area contributed by atoms with E-state index in [1.165, 1.54) is 0 Å². The fourth-order valence-electron chi connectivity index (χ4n) is 0.908. The smallest absolute Gasteiger partial charge is 0.0252 e. The summed E-state index contributed by atoms with van der Waals surface area (Å²) >= 11 is 0. The van der Waals surface area contributed by atoms with Gasteiger partial charge in [0.15, 0.2) is 0 Å². The lowest BCUT2D eigenvalue weighted by Crippen LogP contribution is -2.39. The zero-order valence-electron chi connectivity index (χ0n) is 7.65. The van der Waals surface area contributed by atoms with E-state index in [4.69, 9.17) is 0 Å². The van der Waals surface area contributed by atoms with Crippen LogP contribution < -0.4 is 10.6 Å². The Balaban J connectivity index is 3.34. The van der Waals surface area contributed by atoms with Gasteiger partial charge in [0.2, 0.25) is 0 Å². The van der Waals surface area contributed by atoms with Crippen LogP contribution in [-0.4, -0.2) is 12.1 Å². The summed E-state index contributed by atoms with van der Waals surface area (Å²) in [6.45, 7) is 10.6. The molecule has 0 amide bonds. The summed E-state index contributed by atoms with van der Waals surface area (Å²) < 4.78 is 0. The van der Waals surface area contributed by atoms with Gasteiger partial charge in [-0.05, 0) is 12.1 Å². The molecule has 10 heavy (non-hydrogen) atoms. The molecule has 0 aromatic heterocycles. The fourth-order valence-corrected chi connectivity index (χ4v) is 0.908. The Morgan fingerprint density at radius 2 is 1.20 bits per heavy atom. The second-order valence-corrected chi connectivity index (χ2v) is 3.22. The minimum Gasteiger partial charge on any atom is -0.452 e. The topological polar surface area (TPSA) is 24.1 Å². The van der Waals surface area contributed by atoms with Gasteiger partial charge in [0, 0.05) is 0 Å². The molecule has 0 radical (unpaired) electrons. The molecule has 0 aliphatic heterocycles. The molecule has 0 atom stereocenters. The van der Waals surface area contributed by atoms with E-state index in [1.807, 2.05) is 0 Å². The van der Waals surface area contributed by atoms with Crippen LogP contribution in [0.2, 0.25) is 0 Å². The van der Waals surface area contributed by atoms with Gasteiger partial charge in [0.05, 0.1) is 0 Å². The maximum Gasteiger partial charge on any atom is -0.0252 e. The third-order valence-electron chi connectivity index (χ3n) is 1.01. The maximum absolute atomic E-state index is 3.28. The molecule has 0 heterocycles. The van der Waals surface area contributed by atoms with Gasteiger partial charge in [-0.3, -0.25) is 0 Å². The first-order chi connectivity index (χ1) is 4.52. The number of hydrogen-bond acceptors (Lipinski definition) is 2. The van der Waals surface area contributed by atoms with Crippen LogP contribution in [0.25, 0.3) is 0 Å². The van der Waals surface area contributed by atoms with Crippen molar-refractivity contribution in [3.05, 3.63) is 6.17 Å². The first-order valence-electron chi connectivity index (χ1n) is 3.89. The molecule has 0 rings (SSSR count). The molecule has 0 aromatic rings. The summed E-state index contributed by atoms with van der Waals surface area (Å²) in [5.74, 6) is 0. The summed E-state index contributed by atoms with van der Waals surface area (Å²) in [7, 11) is 0. The van der Waals surface area contributed by atoms with Gasteiger partial charge in [-0.2, -0.15) is 13.1 Å². The van der Waals surface area contributed by atoms with Gasteiger partial charge in [-0.15, -0.1) is 0 Å².